The number of carbonyl (C=O) groups excluding carboxylic acids is 2. The summed E-state index contributed by atoms with van der Waals surface area (Å²) in [6.07, 6.45) is 0. The average molecular weight is 478 g/mol. The number of rotatable bonds is 9. The molecular formula is C28H35N3O2S. The summed E-state index contributed by atoms with van der Waals surface area (Å²) in [6.45, 7) is 11.8. The van der Waals surface area contributed by atoms with Gasteiger partial charge in [-0.05, 0) is 61.6 Å². The predicted molar refractivity (Wildman–Crippen MR) is 141 cm³/mol. The van der Waals surface area contributed by atoms with Crippen molar-refractivity contribution in [3.63, 3.8) is 0 Å². The molecule has 1 heterocycles. The smallest absolute Gasteiger partial charge is 0.322 e. The Kier molecular flexibility index (Phi) is 8.88. The molecular weight excluding hydrogens is 442 g/mol. The molecule has 180 valence electrons. The van der Waals surface area contributed by atoms with E-state index in [9.17, 15) is 9.59 Å². The largest absolute Gasteiger partial charge is 0.332 e. The first-order chi connectivity index (χ1) is 16.2. The fourth-order valence-corrected chi connectivity index (χ4v) is 4.70. The number of nitrogens with zero attached hydrogens (tertiary/aromatic N) is 2. The zero-order valence-electron chi connectivity index (χ0n) is 20.8. The van der Waals surface area contributed by atoms with Crippen molar-refractivity contribution in [3.05, 3.63) is 87.1 Å². The van der Waals surface area contributed by atoms with Crippen LogP contribution in [0.2, 0.25) is 0 Å². The van der Waals surface area contributed by atoms with Gasteiger partial charge >= 0.3 is 6.03 Å². The Bertz CT molecular complexity index is 1110. The number of hydrogen-bond donors (Lipinski definition) is 1. The van der Waals surface area contributed by atoms with Gasteiger partial charge in [0.1, 0.15) is 6.54 Å². The van der Waals surface area contributed by atoms with Gasteiger partial charge < -0.3 is 15.1 Å². The van der Waals surface area contributed by atoms with Gasteiger partial charge in [0.25, 0.3) is 0 Å². The zero-order valence-corrected chi connectivity index (χ0v) is 21.6. The molecule has 3 rings (SSSR count). The second-order valence-corrected chi connectivity index (χ2v) is 10.6. The molecule has 34 heavy (non-hydrogen) atoms. The Balaban J connectivity index is 1.79. The second kappa shape index (κ2) is 11.8. The van der Waals surface area contributed by atoms with Crippen LogP contribution in [0.3, 0.4) is 0 Å². The highest BCUT2D eigenvalue weighted by Gasteiger charge is 2.23. The summed E-state index contributed by atoms with van der Waals surface area (Å²) >= 11 is 1.70. The number of hydrogen-bond acceptors (Lipinski definition) is 3. The fourth-order valence-electron chi connectivity index (χ4n) is 3.80. The van der Waals surface area contributed by atoms with Gasteiger partial charge in [0.2, 0.25) is 5.91 Å². The molecule has 0 unspecified atom stereocenters. The maximum Gasteiger partial charge on any atom is 0.322 e. The van der Waals surface area contributed by atoms with Gasteiger partial charge in [-0.1, -0.05) is 56.3 Å². The maximum atomic E-state index is 13.5. The Labute approximate surface area is 207 Å². The van der Waals surface area contributed by atoms with E-state index in [0.29, 0.717) is 19.6 Å². The molecule has 3 amide bonds. The molecule has 0 saturated carbocycles. The van der Waals surface area contributed by atoms with Gasteiger partial charge in [0, 0.05) is 28.5 Å². The van der Waals surface area contributed by atoms with Gasteiger partial charge in [0.05, 0.1) is 6.54 Å². The van der Waals surface area contributed by atoms with E-state index in [4.69, 9.17) is 0 Å². The minimum atomic E-state index is -0.248. The molecule has 0 aliphatic rings. The Hall–Kier alpha value is -3.12. The average Bonchev–Trinajstić information content (AvgIpc) is 3.21. The third-order valence-electron chi connectivity index (χ3n) is 5.76. The Morgan fingerprint density at radius 1 is 0.882 bits per heavy atom. The number of anilines is 1. The summed E-state index contributed by atoms with van der Waals surface area (Å²) in [6, 6.07) is 19.7. The number of benzene rings is 2. The van der Waals surface area contributed by atoms with Gasteiger partial charge in [-0.2, -0.15) is 0 Å². The molecule has 0 fully saturated rings. The molecule has 0 aliphatic heterocycles. The van der Waals surface area contributed by atoms with Gasteiger partial charge in [-0.3, -0.25) is 4.79 Å². The lowest BCUT2D eigenvalue weighted by atomic mass is 10.1. The number of carbonyl (C=O) groups is 2. The molecule has 0 spiro atoms. The van der Waals surface area contributed by atoms with Gasteiger partial charge in [-0.15, -0.1) is 11.3 Å². The van der Waals surface area contributed by atoms with E-state index < -0.39 is 0 Å². The highest BCUT2D eigenvalue weighted by atomic mass is 32.1. The minimum Gasteiger partial charge on any atom is -0.332 e. The first kappa shape index (κ1) is 25.5. The van der Waals surface area contributed by atoms with Crippen molar-refractivity contribution in [3.8, 4) is 0 Å². The van der Waals surface area contributed by atoms with Crippen molar-refractivity contribution >= 4 is 29.0 Å². The Morgan fingerprint density at radius 2 is 1.62 bits per heavy atom. The van der Waals surface area contributed by atoms with E-state index in [1.165, 1.54) is 4.88 Å². The van der Waals surface area contributed by atoms with Crippen LogP contribution in [-0.2, 0) is 17.9 Å². The molecule has 0 radical (unpaired) electrons. The second-order valence-electron chi connectivity index (χ2n) is 9.20. The topological polar surface area (TPSA) is 52.7 Å². The van der Waals surface area contributed by atoms with Crippen LogP contribution in [0.1, 0.15) is 40.3 Å². The molecule has 0 aliphatic carbocycles. The molecule has 3 aromatic rings. The number of aryl methyl sites for hydroxylation is 2. The highest BCUT2D eigenvalue weighted by molar-refractivity contribution is 7.11. The van der Waals surface area contributed by atoms with Gasteiger partial charge in [-0.25, -0.2) is 4.79 Å². The fraction of sp³-hybridized carbons (Fsp3) is 0.357. The third-order valence-corrected chi connectivity index (χ3v) is 6.74. The summed E-state index contributed by atoms with van der Waals surface area (Å²) in [5, 5.41) is 3.02. The maximum absolute atomic E-state index is 13.5. The standard InChI is InChI=1S/C28H35N3O2S/c1-20(2)16-31(28(33)29-26-13-9-10-21(3)23(26)5)19-27(32)30(17-24-11-7-6-8-12-24)18-25-15-14-22(4)34-25/h6-15,20H,16-19H2,1-5H3,(H,29,33). The SMILES string of the molecule is Cc1ccc(CN(Cc2ccccc2)C(=O)CN(CC(C)C)C(=O)Nc2cccc(C)c2C)s1. The molecule has 0 bridgehead atoms. The lowest BCUT2D eigenvalue weighted by Gasteiger charge is -2.29. The molecule has 1 N–H and O–H groups in total. The van der Waals surface area contributed by atoms with E-state index in [1.807, 2.05) is 67.3 Å². The highest BCUT2D eigenvalue weighted by Crippen LogP contribution is 2.21. The van der Waals surface area contributed by atoms with Crippen molar-refractivity contribution in [1.29, 1.82) is 0 Å². The zero-order chi connectivity index (χ0) is 24.7. The molecule has 6 heteroatoms. The van der Waals surface area contributed by atoms with Crippen molar-refractivity contribution in [2.45, 2.75) is 47.7 Å². The van der Waals surface area contributed by atoms with Crippen LogP contribution < -0.4 is 5.32 Å². The van der Waals surface area contributed by atoms with Crippen LogP contribution in [0.25, 0.3) is 0 Å². The minimum absolute atomic E-state index is 0.0338. The first-order valence-electron chi connectivity index (χ1n) is 11.7. The van der Waals surface area contributed by atoms with E-state index >= 15 is 0 Å². The summed E-state index contributed by atoms with van der Waals surface area (Å²) in [4.78, 5) is 32.6. The first-order valence-corrected chi connectivity index (χ1v) is 12.5. The van der Waals surface area contributed by atoms with Crippen molar-refractivity contribution in [1.82, 2.24) is 9.80 Å². The van der Waals surface area contributed by atoms with E-state index in [-0.39, 0.29) is 24.4 Å². The monoisotopic (exact) mass is 477 g/mol. The van der Waals surface area contributed by atoms with Crippen LogP contribution in [0, 0.1) is 26.7 Å². The normalized spacial score (nSPS) is 10.9. The quantitative estimate of drug-likeness (QED) is 0.388. The number of nitrogens with one attached hydrogen (secondary N) is 1. The predicted octanol–water partition coefficient (Wildman–Crippen LogP) is 6.39. The summed E-state index contributed by atoms with van der Waals surface area (Å²) in [5.74, 6) is 0.173. The summed E-state index contributed by atoms with van der Waals surface area (Å²) in [5.41, 5.74) is 4.00. The third kappa shape index (κ3) is 7.19. The van der Waals surface area contributed by atoms with Crippen LogP contribution >= 0.6 is 11.3 Å². The van der Waals surface area contributed by atoms with E-state index in [2.05, 4.69) is 38.2 Å². The molecule has 0 atom stereocenters. The molecule has 1 aromatic heterocycles. The van der Waals surface area contributed by atoms with Crippen molar-refractivity contribution in [2.75, 3.05) is 18.4 Å². The lowest BCUT2D eigenvalue weighted by Crippen LogP contribution is -2.45. The van der Waals surface area contributed by atoms with E-state index in [0.717, 1.165) is 27.3 Å². The van der Waals surface area contributed by atoms with Crippen LogP contribution in [-0.4, -0.2) is 34.8 Å². The van der Waals surface area contributed by atoms with Gasteiger partial charge in [0.15, 0.2) is 0 Å². The summed E-state index contributed by atoms with van der Waals surface area (Å²) < 4.78 is 0. The number of amides is 3. The molecule has 2 aromatic carbocycles. The molecule has 0 saturated heterocycles. The van der Waals surface area contributed by atoms with Crippen LogP contribution in [0.4, 0.5) is 10.5 Å². The van der Waals surface area contributed by atoms with Crippen LogP contribution in [0.15, 0.2) is 60.7 Å². The van der Waals surface area contributed by atoms with Crippen molar-refractivity contribution < 1.29 is 9.59 Å². The molecule has 5 nitrogen and oxygen atoms in total. The Morgan fingerprint density at radius 3 is 2.26 bits per heavy atom. The van der Waals surface area contributed by atoms with E-state index in [1.54, 1.807) is 16.2 Å². The van der Waals surface area contributed by atoms with Crippen molar-refractivity contribution in [2.24, 2.45) is 5.92 Å². The number of thiophene rings is 1. The summed E-state index contributed by atoms with van der Waals surface area (Å²) in [7, 11) is 0. The lowest BCUT2D eigenvalue weighted by molar-refractivity contribution is -0.133. The van der Waals surface area contributed by atoms with Crippen LogP contribution in [0.5, 0.6) is 0 Å². The number of urea groups is 1.